The van der Waals surface area contributed by atoms with Gasteiger partial charge >= 0.3 is 11.9 Å². The Morgan fingerprint density at radius 3 is 2.40 bits per heavy atom. The van der Waals surface area contributed by atoms with E-state index in [1.807, 2.05) is 37.1 Å². The van der Waals surface area contributed by atoms with Crippen molar-refractivity contribution < 1.29 is 38.7 Å². The number of para-hydroxylation sites is 1. The van der Waals surface area contributed by atoms with E-state index < -0.39 is 51.5 Å². The number of benzene rings is 2. The van der Waals surface area contributed by atoms with Gasteiger partial charge in [0, 0.05) is 91.1 Å². The second kappa shape index (κ2) is 14.1. The van der Waals surface area contributed by atoms with Gasteiger partial charge in [-0.15, -0.1) is 0 Å². The number of fused-ring (bicyclic) bond motifs is 6. The van der Waals surface area contributed by atoms with Crippen molar-refractivity contribution in [3.63, 3.8) is 0 Å². The Balaban J connectivity index is 0.00000469. The van der Waals surface area contributed by atoms with Crippen molar-refractivity contribution in [1.29, 1.82) is 0 Å². The lowest BCUT2D eigenvalue weighted by molar-refractivity contribution is -0.225. The molecular formula is C46H62N4O8. The van der Waals surface area contributed by atoms with Gasteiger partial charge in [0.25, 0.3) is 0 Å². The first-order valence-electron chi connectivity index (χ1n) is 20.7. The predicted octanol–water partition coefficient (Wildman–Crippen LogP) is 4.71. The topological polar surface area (TPSA) is 137 Å². The number of aliphatic hydroxyl groups is 2. The number of hydrogen-bond donors (Lipinski definition) is 3. The SMILES string of the molecule is C.CC[C@]1(O)C[C@@H]2CN(CCc3c([nH]c4ccccc34)[C@@](C(=O)OC)(c3cc4c(cc3OC)N(C)C3C45CCN4CC=C[C@](CC)(C45)[C@@H](OC)[C@]3(O)C(=O)OC)C2)C1. The molecule has 12 nitrogen and oxygen atoms in total. The number of anilines is 1. The van der Waals surface area contributed by atoms with Gasteiger partial charge in [-0.2, -0.15) is 0 Å². The summed E-state index contributed by atoms with van der Waals surface area (Å²) >= 11 is 0. The fourth-order valence-corrected chi connectivity index (χ4v) is 13.5. The Morgan fingerprint density at radius 1 is 0.948 bits per heavy atom. The molecule has 3 N–H and O–H groups in total. The van der Waals surface area contributed by atoms with Crippen LogP contribution in [0.1, 0.15) is 75.8 Å². The van der Waals surface area contributed by atoms with Crippen LogP contribution in [-0.4, -0.2) is 135 Å². The minimum Gasteiger partial charge on any atom is -0.496 e. The summed E-state index contributed by atoms with van der Waals surface area (Å²) in [4.78, 5) is 40.2. The normalized spacial score (nSPS) is 37.3. The van der Waals surface area contributed by atoms with Gasteiger partial charge in [-0.25, -0.2) is 4.79 Å². The van der Waals surface area contributed by atoms with Crippen LogP contribution in [0.2, 0.25) is 0 Å². The number of H-pyrrole nitrogens is 1. The molecule has 0 radical (unpaired) electrons. The number of carbonyl (C=O) groups is 2. The second-order valence-corrected chi connectivity index (χ2v) is 17.8. The van der Waals surface area contributed by atoms with E-state index in [1.54, 1.807) is 14.2 Å². The molecule has 9 rings (SSSR count). The summed E-state index contributed by atoms with van der Waals surface area (Å²) in [6.07, 6.45) is 6.88. The molecule has 58 heavy (non-hydrogen) atoms. The minimum atomic E-state index is -2.06. The summed E-state index contributed by atoms with van der Waals surface area (Å²) in [5.74, 6) is -0.692. The molecule has 4 unspecified atom stereocenters. The molecule has 1 spiro atoms. The average molecular weight is 799 g/mol. The van der Waals surface area contributed by atoms with Crippen LogP contribution < -0.4 is 9.64 Å². The van der Waals surface area contributed by atoms with Crippen LogP contribution >= 0.6 is 0 Å². The molecule has 2 aromatic carbocycles. The Morgan fingerprint density at radius 2 is 1.71 bits per heavy atom. The second-order valence-electron chi connectivity index (χ2n) is 17.8. The Labute approximate surface area is 342 Å². The van der Waals surface area contributed by atoms with Crippen molar-refractivity contribution in [2.24, 2.45) is 11.3 Å². The van der Waals surface area contributed by atoms with Crippen LogP contribution in [0.3, 0.4) is 0 Å². The highest BCUT2D eigenvalue weighted by Gasteiger charge is 2.79. The lowest BCUT2D eigenvalue weighted by Crippen LogP contribution is -2.81. The molecule has 314 valence electrons. The van der Waals surface area contributed by atoms with Gasteiger partial charge in [-0.3, -0.25) is 14.6 Å². The van der Waals surface area contributed by atoms with E-state index in [4.69, 9.17) is 18.9 Å². The van der Waals surface area contributed by atoms with Crippen LogP contribution in [0, 0.1) is 11.3 Å². The van der Waals surface area contributed by atoms with Crippen LogP contribution in [0.15, 0.2) is 48.6 Å². The summed E-state index contributed by atoms with van der Waals surface area (Å²) in [7, 11) is 7.93. The van der Waals surface area contributed by atoms with E-state index in [1.165, 1.54) is 14.2 Å². The first-order chi connectivity index (χ1) is 27.4. The third-order valence-electron chi connectivity index (χ3n) is 15.6. The van der Waals surface area contributed by atoms with Crippen molar-refractivity contribution in [3.05, 3.63) is 70.9 Å². The lowest BCUT2D eigenvalue weighted by Gasteiger charge is -2.63. The van der Waals surface area contributed by atoms with Crippen LogP contribution in [0.5, 0.6) is 5.75 Å². The number of aromatic nitrogens is 1. The first-order valence-corrected chi connectivity index (χ1v) is 20.7. The Kier molecular flexibility index (Phi) is 9.91. The van der Waals surface area contributed by atoms with Crippen molar-refractivity contribution in [1.82, 2.24) is 14.8 Å². The van der Waals surface area contributed by atoms with Crippen LogP contribution in [0.4, 0.5) is 5.69 Å². The van der Waals surface area contributed by atoms with Gasteiger partial charge in [0.15, 0.2) is 0 Å². The number of carbonyl (C=O) groups excluding carboxylic acids is 2. The van der Waals surface area contributed by atoms with Gasteiger partial charge in [0.1, 0.15) is 17.3 Å². The number of ether oxygens (including phenoxy) is 4. The number of piperidine rings is 1. The summed E-state index contributed by atoms with van der Waals surface area (Å²) in [6.45, 7) is 7.68. The van der Waals surface area contributed by atoms with E-state index in [-0.39, 0.29) is 19.4 Å². The minimum absolute atomic E-state index is 0. The molecule has 1 saturated carbocycles. The highest BCUT2D eigenvalue weighted by atomic mass is 16.6. The quantitative estimate of drug-likeness (QED) is 0.227. The number of aromatic amines is 1. The number of likely N-dealkylation sites (N-methyl/N-ethyl adjacent to an activating group) is 1. The zero-order valence-corrected chi connectivity index (χ0v) is 34.4. The molecule has 12 heteroatoms. The third-order valence-corrected chi connectivity index (χ3v) is 15.6. The maximum absolute atomic E-state index is 15.3. The first kappa shape index (κ1) is 40.8. The number of nitrogens with zero attached hydrogens (tertiary/aromatic N) is 3. The third kappa shape index (κ3) is 5.04. The number of rotatable bonds is 7. The molecule has 3 aromatic rings. The molecule has 5 aliphatic heterocycles. The fraction of sp³-hybridized carbons (Fsp3) is 0.609. The Bertz CT molecular complexity index is 2150. The van der Waals surface area contributed by atoms with Gasteiger partial charge < -0.3 is 39.0 Å². The number of nitrogens with one attached hydrogen (secondary N) is 1. The van der Waals surface area contributed by atoms with E-state index in [2.05, 4.69) is 52.1 Å². The standard InChI is InChI=1S/C45H58N4O8.CH4/c1-8-41(52)23-27-24-44(39(50)56-6,35-29(15-19-48(25-27)26-41)28-13-10-11-14-32(28)46-35)31-21-30-33(22-34(31)54-4)47(3)37-43(30)17-20-49-18-12-16-42(9-2,36(43)49)38(55-5)45(37,53)40(51)57-7;/h10-14,16,21-22,27,36-38,46,52-53H,8-9,15,17-20,23-26H2,1-7H3;1H4/t27-,36?,37?,38+,41-,42+,43?,44-,45-;/m0./s1. The molecular weight excluding hydrogens is 737 g/mol. The molecule has 1 aromatic heterocycles. The van der Waals surface area contributed by atoms with Gasteiger partial charge in [0.05, 0.1) is 33.0 Å². The summed E-state index contributed by atoms with van der Waals surface area (Å²) < 4.78 is 24.1. The smallest absolute Gasteiger partial charge is 0.342 e. The van der Waals surface area contributed by atoms with Crippen LogP contribution in [-0.2, 0) is 41.1 Å². The predicted molar refractivity (Wildman–Crippen MR) is 222 cm³/mol. The van der Waals surface area contributed by atoms with Gasteiger partial charge in [-0.1, -0.05) is 51.6 Å². The zero-order valence-electron chi connectivity index (χ0n) is 34.4. The molecule has 3 fully saturated rings. The molecule has 2 bridgehead atoms. The zero-order chi connectivity index (χ0) is 40.3. The molecule has 2 saturated heterocycles. The van der Waals surface area contributed by atoms with Gasteiger partial charge in [0.2, 0.25) is 5.60 Å². The highest BCUT2D eigenvalue weighted by molar-refractivity contribution is 5.95. The van der Waals surface area contributed by atoms with Crippen molar-refractivity contribution in [2.45, 2.75) is 100 Å². The van der Waals surface area contributed by atoms with E-state index in [9.17, 15) is 15.0 Å². The summed E-state index contributed by atoms with van der Waals surface area (Å²) in [5.41, 5.74) is -0.635. The maximum Gasteiger partial charge on any atom is 0.342 e. The molecule has 1 aliphatic carbocycles. The van der Waals surface area contributed by atoms with Crippen molar-refractivity contribution >= 4 is 28.5 Å². The largest absolute Gasteiger partial charge is 0.496 e. The van der Waals surface area contributed by atoms with Gasteiger partial charge in [-0.05, 0) is 74.2 Å². The number of hydrogen-bond acceptors (Lipinski definition) is 11. The number of methoxy groups -OCH3 is 4. The van der Waals surface area contributed by atoms with Crippen molar-refractivity contribution in [3.8, 4) is 5.75 Å². The monoisotopic (exact) mass is 798 g/mol. The molecule has 0 amide bonds. The molecule has 6 aliphatic rings. The summed E-state index contributed by atoms with van der Waals surface area (Å²) in [5, 5.41) is 26.2. The lowest BCUT2D eigenvalue weighted by atomic mass is 9.47. The van der Waals surface area contributed by atoms with E-state index in [0.29, 0.717) is 56.4 Å². The molecule has 6 heterocycles. The average Bonchev–Trinajstić information content (AvgIpc) is 3.88. The maximum atomic E-state index is 15.3. The van der Waals surface area contributed by atoms with E-state index >= 15 is 4.79 Å². The van der Waals surface area contributed by atoms with Crippen molar-refractivity contribution in [2.75, 3.05) is 73.1 Å². The fourth-order valence-electron chi connectivity index (χ4n) is 13.5. The number of esters is 2. The molecule has 10 atom stereocenters. The Hall–Kier alpha value is -3.94. The summed E-state index contributed by atoms with van der Waals surface area (Å²) in [6, 6.07) is 11.5. The van der Waals surface area contributed by atoms with E-state index in [0.717, 1.165) is 59.6 Å². The highest BCUT2D eigenvalue weighted by Crippen LogP contribution is 2.68. The van der Waals surface area contributed by atoms with Crippen LogP contribution in [0.25, 0.3) is 10.9 Å².